The van der Waals surface area contributed by atoms with Gasteiger partial charge in [0.1, 0.15) is 22.7 Å². The summed E-state index contributed by atoms with van der Waals surface area (Å²) in [5, 5.41) is 20.7. The van der Waals surface area contributed by atoms with Gasteiger partial charge < -0.3 is 14.3 Å². The predicted octanol–water partition coefficient (Wildman–Crippen LogP) is 3.85. The van der Waals surface area contributed by atoms with Gasteiger partial charge in [0, 0.05) is 10.9 Å². The Morgan fingerprint density at radius 3 is 2.50 bits per heavy atom. The van der Waals surface area contributed by atoms with Crippen LogP contribution in [-0.4, -0.2) is 23.1 Å². The van der Waals surface area contributed by atoms with E-state index in [1.54, 1.807) is 0 Å². The quantitative estimate of drug-likeness (QED) is 0.575. The zero-order chi connectivity index (χ0) is 17.4. The molecule has 0 saturated heterocycles. The van der Waals surface area contributed by atoms with Crippen molar-refractivity contribution in [1.82, 2.24) is 0 Å². The van der Waals surface area contributed by atoms with Gasteiger partial charge in [0.15, 0.2) is 5.75 Å². The average molecular weight is 331 g/mol. The van der Waals surface area contributed by atoms with Crippen LogP contribution in [0, 0.1) is 15.9 Å². The molecule has 0 atom stereocenters. The summed E-state index contributed by atoms with van der Waals surface area (Å²) in [5.74, 6) is -1.85. The maximum Gasteiger partial charge on any atom is 0.340 e. The second-order valence-corrected chi connectivity index (χ2v) is 4.90. The Labute approximate surface area is 134 Å². The van der Waals surface area contributed by atoms with Gasteiger partial charge in [-0.3, -0.25) is 10.1 Å². The summed E-state index contributed by atoms with van der Waals surface area (Å²) >= 11 is 0. The summed E-state index contributed by atoms with van der Waals surface area (Å²) < 4.78 is 23.5. The number of nitrogens with zero attached hydrogens (tertiary/aromatic N) is 1. The van der Waals surface area contributed by atoms with Gasteiger partial charge in [0.25, 0.3) is 0 Å². The van der Waals surface area contributed by atoms with E-state index in [0.29, 0.717) is 5.56 Å². The van der Waals surface area contributed by atoms with Crippen molar-refractivity contribution < 1.29 is 28.4 Å². The molecule has 0 radical (unpaired) electrons. The number of hydrogen-bond acceptors (Lipinski definition) is 5. The average Bonchev–Trinajstić information content (AvgIpc) is 2.92. The molecule has 0 spiro atoms. The summed E-state index contributed by atoms with van der Waals surface area (Å²) in [6.45, 7) is 0. The predicted molar refractivity (Wildman–Crippen MR) is 81.8 cm³/mol. The van der Waals surface area contributed by atoms with Crippen LogP contribution in [0.5, 0.6) is 5.75 Å². The van der Waals surface area contributed by atoms with E-state index in [-0.39, 0.29) is 33.7 Å². The highest BCUT2D eigenvalue weighted by molar-refractivity contribution is 6.08. The Kier molecular flexibility index (Phi) is 3.64. The van der Waals surface area contributed by atoms with Crippen LogP contribution in [-0.2, 0) is 0 Å². The summed E-state index contributed by atoms with van der Waals surface area (Å²) in [7, 11) is 1.25. The second kappa shape index (κ2) is 5.65. The molecular weight excluding hydrogens is 321 g/mol. The Hall–Kier alpha value is -3.42. The number of ether oxygens (including phenoxy) is 1. The molecule has 1 N–H and O–H groups in total. The molecule has 0 aliphatic heterocycles. The van der Waals surface area contributed by atoms with Gasteiger partial charge in [-0.05, 0) is 30.3 Å². The molecule has 1 heterocycles. The van der Waals surface area contributed by atoms with E-state index in [1.807, 2.05) is 0 Å². The zero-order valence-corrected chi connectivity index (χ0v) is 12.3. The first-order chi connectivity index (χ1) is 11.4. The Balaban J connectivity index is 2.34. The minimum Gasteiger partial charge on any atom is -0.490 e. The van der Waals surface area contributed by atoms with Crippen LogP contribution in [0.4, 0.5) is 10.1 Å². The van der Waals surface area contributed by atoms with Gasteiger partial charge in [0.2, 0.25) is 0 Å². The van der Waals surface area contributed by atoms with E-state index in [2.05, 4.69) is 0 Å². The number of nitro benzene ring substituents is 1. The van der Waals surface area contributed by atoms with E-state index in [1.165, 1.54) is 25.3 Å². The van der Waals surface area contributed by atoms with Crippen LogP contribution in [0.1, 0.15) is 10.4 Å². The standard InChI is InChI=1S/C16H10FNO6/c1-23-13-6-10-12(7-11(13)18(21)22)24-15(14(10)16(19)20)8-2-4-9(17)5-3-8/h2-7H,1H3,(H,19,20). The molecule has 1 aromatic heterocycles. The molecule has 2 aromatic carbocycles. The summed E-state index contributed by atoms with van der Waals surface area (Å²) in [6, 6.07) is 7.41. The van der Waals surface area contributed by atoms with Crippen LogP contribution < -0.4 is 4.74 Å². The fourth-order valence-electron chi connectivity index (χ4n) is 2.44. The van der Waals surface area contributed by atoms with Gasteiger partial charge >= 0.3 is 11.7 Å². The lowest BCUT2D eigenvalue weighted by atomic mass is 10.1. The van der Waals surface area contributed by atoms with Crippen molar-refractivity contribution in [3.63, 3.8) is 0 Å². The smallest absolute Gasteiger partial charge is 0.340 e. The molecule has 0 saturated carbocycles. The fraction of sp³-hybridized carbons (Fsp3) is 0.0625. The highest BCUT2D eigenvalue weighted by atomic mass is 19.1. The van der Waals surface area contributed by atoms with Crippen molar-refractivity contribution in [2.45, 2.75) is 0 Å². The minimum absolute atomic E-state index is 0.0138. The molecule has 3 aromatic rings. The van der Waals surface area contributed by atoms with Gasteiger partial charge in [-0.2, -0.15) is 0 Å². The number of carboxylic acid groups (broad SMARTS) is 1. The zero-order valence-electron chi connectivity index (χ0n) is 12.3. The van der Waals surface area contributed by atoms with Gasteiger partial charge in [-0.25, -0.2) is 9.18 Å². The molecule has 3 rings (SSSR count). The van der Waals surface area contributed by atoms with Crippen LogP contribution in [0.2, 0.25) is 0 Å². The molecule has 0 fully saturated rings. The molecule has 122 valence electrons. The summed E-state index contributed by atoms with van der Waals surface area (Å²) in [5.41, 5.74) is -0.156. The molecule has 8 heteroatoms. The second-order valence-electron chi connectivity index (χ2n) is 4.90. The number of carbonyl (C=O) groups is 1. The number of fused-ring (bicyclic) bond motifs is 1. The molecule has 0 unspecified atom stereocenters. The maximum atomic E-state index is 13.1. The SMILES string of the molecule is COc1cc2c(C(=O)O)c(-c3ccc(F)cc3)oc2cc1[N+](=O)[O-]. The third kappa shape index (κ3) is 2.43. The molecule has 0 aliphatic carbocycles. The number of furan rings is 1. The van der Waals surface area contributed by atoms with Gasteiger partial charge in [0.05, 0.1) is 18.1 Å². The van der Waals surface area contributed by atoms with Crippen molar-refractivity contribution in [2.75, 3.05) is 7.11 Å². The van der Waals surface area contributed by atoms with Crippen molar-refractivity contribution in [1.29, 1.82) is 0 Å². The first kappa shape index (κ1) is 15.5. The lowest BCUT2D eigenvalue weighted by molar-refractivity contribution is -0.385. The monoisotopic (exact) mass is 331 g/mol. The van der Waals surface area contributed by atoms with Crippen molar-refractivity contribution in [2.24, 2.45) is 0 Å². The largest absolute Gasteiger partial charge is 0.490 e. The number of benzene rings is 2. The molecule has 0 amide bonds. The molecule has 0 aliphatic rings. The van der Waals surface area contributed by atoms with E-state index in [0.717, 1.165) is 18.2 Å². The summed E-state index contributed by atoms with van der Waals surface area (Å²) in [6.07, 6.45) is 0. The molecule has 24 heavy (non-hydrogen) atoms. The highest BCUT2D eigenvalue weighted by Crippen LogP contribution is 2.39. The first-order valence-corrected chi connectivity index (χ1v) is 6.70. The molecular formula is C16H10FNO6. The minimum atomic E-state index is -1.27. The molecule has 0 bridgehead atoms. The number of carboxylic acids is 1. The van der Waals surface area contributed by atoms with E-state index in [9.17, 15) is 24.4 Å². The number of halogens is 1. The van der Waals surface area contributed by atoms with Crippen LogP contribution in [0.25, 0.3) is 22.3 Å². The van der Waals surface area contributed by atoms with Crippen molar-refractivity contribution in [3.8, 4) is 17.1 Å². The number of aromatic carboxylic acids is 1. The Bertz CT molecular complexity index is 961. The molecule has 7 nitrogen and oxygen atoms in total. The van der Waals surface area contributed by atoms with Gasteiger partial charge in [-0.15, -0.1) is 0 Å². The van der Waals surface area contributed by atoms with E-state index in [4.69, 9.17) is 9.15 Å². The van der Waals surface area contributed by atoms with Crippen LogP contribution in [0.3, 0.4) is 0 Å². The highest BCUT2D eigenvalue weighted by Gasteiger charge is 2.26. The normalized spacial score (nSPS) is 10.8. The van der Waals surface area contributed by atoms with Crippen molar-refractivity contribution in [3.05, 3.63) is 57.9 Å². The number of rotatable bonds is 4. The third-order valence-corrected chi connectivity index (χ3v) is 3.51. The maximum absolute atomic E-state index is 13.1. The Morgan fingerprint density at radius 2 is 1.96 bits per heavy atom. The lowest BCUT2D eigenvalue weighted by Crippen LogP contribution is -1.98. The topological polar surface area (TPSA) is 103 Å². The van der Waals surface area contributed by atoms with E-state index < -0.39 is 16.7 Å². The van der Waals surface area contributed by atoms with Gasteiger partial charge in [-0.1, -0.05) is 0 Å². The van der Waals surface area contributed by atoms with Crippen LogP contribution in [0.15, 0.2) is 40.8 Å². The number of nitro groups is 1. The number of methoxy groups -OCH3 is 1. The van der Waals surface area contributed by atoms with Crippen LogP contribution >= 0.6 is 0 Å². The fourth-order valence-corrected chi connectivity index (χ4v) is 2.44. The summed E-state index contributed by atoms with van der Waals surface area (Å²) in [4.78, 5) is 22.1. The van der Waals surface area contributed by atoms with E-state index >= 15 is 0 Å². The number of hydrogen-bond donors (Lipinski definition) is 1. The van der Waals surface area contributed by atoms with Crippen molar-refractivity contribution >= 4 is 22.6 Å². The first-order valence-electron chi connectivity index (χ1n) is 6.70. The Morgan fingerprint density at radius 1 is 1.29 bits per heavy atom. The lowest BCUT2D eigenvalue weighted by Gasteiger charge is -2.01. The third-order valence-electron chi connectivity index (χ3n) is 3.51.